The van der Waals surface area contributed by atoms with Gasteiger partial charge >= 0.3 is 5.97 Å². The lowest BCUT2D eigenvalue weighted by molar-refractivity contribution is -0.159. The van der Waals surface area contributed by atoms with Crippen molar-refractivity contribution in [2.45, 2.75) is 71.3 Å². The predicted octanol–water partition coefficient (Wildman–Crippen LogP) is 2.66. The number of rotatable bonds is 12. The minimum atomic E-state index is -0.771. The van der Waals surface area contributed by atoms with Crippen LogP contribution in [0.1, 0.15) is 65.2 Å². The van der Waals surface area contributed by atoms with Crippen LogP contribution in [0.15, 0.2) is 0 Å². The highest BCUT2D eigenvalue weighted by Crippen LogP contribution is 2.19. The van der Waals surface area contributed by atoms with Gasteiger partial charge in [-0.3, -0.25) is 4.79 Å². The number of carbonyl (C=O) groups is 1. The zero-order valence-corrected chi connectivity index (χ0v) is 12.4. The minimum Gasteiger partial charge on any atom is -0.457 e. The second kappa shape index (κ2) is 12.4. The fraction of sp³-hybridized carbons (Fsp3) is 0.933. The van der Waals surface area contributed by atoms with Crippen molar-refractivity contribution in [1.29, 1.82) is 0 Å². The van der Waals surface area contributed by atoms with Crippen LogP contribution in [-0.4, -0.2) is 35.5 Å². The molecule has 0 rings (SSSR count). The topological polar surface area (TPSA) is 66.8 Å². The van der Waals surface area contributed by atoms with E-state index < -0.39 is 6.10 Å². The van der Waals surface area contributed by atoms with Gasteiger partial charge in [0, 0.05) is 0 Å². The van der Waals surface area contributed by atoms with E-state index >= 15 is 0 Å². The fourth-order valence-electron chi connectivity index (χ4n) is 2.04. The summed E-state index contributed by atoms with van der Waals surface area (Å²) in [6, 6.07) is 0. The molecule has 0 aliphatic rings. The van der Waals surface area contributed by atoms with Gasteiger partial charge in [-0.2, -0.15) is 0 Å². The molecule has 0 amide bonds. The number of aliphatic hydroxyl groups is 2. The van der Waals surface area contributed by atoms with E-state index in [1.807, 2.05) is 0 Å². The highest BCUT2D eigenvalue weighted by Gasteiger charge is 2.22. The summed E-state index contributed by atoms with van der Waals surface area (Å²) in [5.74, 6) is -0.351. The number of aliphatic hydroxyl groups excluding tert-OH is 2. The summed E-state index contributed by atoms with van der Waals surface area (Å²) in [6.07, 6.45) is 7.56. The average Bonchev–Trinajstić information content (AvgIpc) is 2.43. The molecule has 1 atom stereocenters. The van der Waals surface area contributed by atoms with Gasteiger partial charge in [0.1, 0.15) is 6.10 Å². The molecule has 0 fully saturated rings. The Morgan fingerprint density at radius 3 is 2.05 bits per heavy atom. The molecule has 0 radical (unpaired) electrons. The Morgan fingerprint density at radius 1 is 0.947 bits per heavy atom. The van der Waals surface area contributed by atoms with Gasteiger partial charge in [-0.15, -0.1) is 0 Å². The second-order valence-electron chi connectivity index (χ2n) is 5.11. The number of esters is 1. The fourth-order valence-corrected chi connectivity index (χ4v) is 2.04. The molecule has 0 aliphatic carbocycles. The van der Waals surface area contributed by atoms with Crippen LogP contribution in [0.4, 0.5) is 0 Å². The molecule has 0 heterocycles. The lowest BCUT2D eigenvalue weighted by atomic mass is 9.95. The quantitative estimate of drug-likeness (QED) is 0.424. The molecule has 1 unspecified atom stereocenters. The molecule has 4 nitrogen and oxygen atoms in total. The number of carbonyl (C=O) groups excluding carboxylic acids is 1. The Hall–Kier alpha value is -0.610. The van der Waals surface area contributed by atoms with Gasteiger partial charge in [0.15, 0.2) is 0 Å². The molecule has 114 valence electrons. The lowest BCUT2D eigenvalue weighted by Gasteiger charge is -2.19. The summed E-state index contributed by atoms with van der Waals surface area (Å²) in [5.41, 5.74) is 0. The molecule has 0 bridgehead atoms. The summed E-state index contributed by atoms with van der Waals surface area (Å²) in [7, 11) is 0. The summed E-state index contributed by atoms with van der Waals surface area (Å²) >= 11 is 0. The van der Waals surface area contributed by atoms with Crippen LogP contribution in [0, 0.1) is 5.92 Å². The van der Waals surface area contributed by atoms with Crippen LogP contribution in [0.3, 0.4) is 0 Å². The Morgan fingerprint density at radius 2 is 1.53 bits per heavy atom. The predicted molar refractivity (Wildman–Crippen MR) is 75.8 cm³/mol. The first kappa shape index (κ1) is 18.4. The van der Waals surface area contributed by atoms with E-state index in [2.05, 4.69) is 13.8 Å². The van der Waals surface area contributed by atoms with E-state index in [0.717, 1.165) is 38.5 Å². The molecule has 0 aliphatic heterocycles. The normalized spacial score (nSPS) is 12.7. The Balaban J connectivity index is 4.17. The van der Waals surface area contributed by atoms with Crippen LogP contribution in [0.5, 0.6) is 0 Å². The maximum Gasteiger partial charge on any atom is 0.309 e. The van der Waals surface area contributed by atoms with Gasteiger partial charge in [0.2, 0.25) is 0 Å². The number of hydrogen-bond acceptors (Lipinski definition) is 4. The van der Waals surface area contributed by atoms with Crippen molar-refractivity contribution in [1.82, 2.24) is 0 Å². The van der Waals surface area contributed by atoms with Crippen LogP contribution < -0.4 is 0 Å². The first-order valence-corrected chi connectivity index (χ1v) is 7.61. The zero-order chi connectivity index (χ0) is 14.5. The van der Waals surface area contributed by atoms with Crippen molar-refractivity contribution in [2.75, 3.05) is 13.2 Å². The largest absolute Gasteiger partial charge is 0.457 e. The Bertz CT molecular complexity index is 214. The molecule has 0 aromatic rings. The maximum atomic E-state index is 12.0. The standard InChI is InChI=1S/C15H30O4/c1-3-5-7-8-10-13(9-6-4-2)15(18)19-14(11-16)12-17/h13-14,16-17H,3-12H2,1-2H3. The molecule has 0 aromatic heterocycles. The lowest BCUT2D eigenvalue weighted by Crippen LogP contribution is -2.29. The molecule has 0 spiro atoms. The van der Waals surface area contributed by atoms with Gasteiger partial charge < -0.3 is 14.9 Å². The molecule has 0 saturated carbocycles. The maximum absolute atomic E-state index is 12.0. The molecule has 0 saturated heterocycles. The van der Waals surface area contributed by atoms with Crippen LogP contribution >= 0.6 is 0 Å². The number of unbranched alkanes of at least 4 members (excludes halogenated alkanes) is 4. The molecular weight excluding hydrogens is 244 g/mol. The number of hydrogen-bond donors (Lipinski definition) is 2. The van der Waals surface area contributed by atoms with E-state index in [9.17, 15) is 4.79 Å². The first-order chi connectivity index (χ1) is 9.19. The molecule has 19 heavy (non-hydrogen) atoms. The highest BCUT2D eigenvalue weighted by molar-refractivity contribution is 5.72. The summed E-state index contributed by atoms with van der Waals surface area (Å²) < 4.78 is 5.13. The van der Waals surface area contributed by atoms with E-state index in [-0.39, 0.29) is 25.1 Å². The molecular formula is C15H30O4. The third-order valence-electron chi connectivity index (χ3n) is 3.34. The summed E-state index contributed by atoms with van der Waals surface area (Å²) in [6.45, 7) is 3.62. The molecule has 4 heteroatoms. The van der Waals surface area contributed by atoms with E-state index in [4.69, 9.17) is 14.9 Å². The van der Waals surface area contributed by atoms with Gasteiger partial charge in [-0.05, 0) is 12.8 Å². The molecule has 2 N–H and O–H groups in total. The Labute approximate surface area is 117 Å². The Kier molecular flexibility index (Phi) is 12.0. The van der Waals surface area contributed by atoms with E-state index in [1.54, 1.807) is 0 Å². The smallest absolute Gasteiger partial charge is 0.309 e. The third kappa shape index (κ3) is 9.00. The van der Waals surface area contributed by atoms with Crippen molar-refractivity contribution < 1.29 is 19.7 Å². The van der Waals surface area contributed by atoms with Gasteiger partial charge in [-0.25, -0.2) is 0 Å². The second-order valence-corrected chi connectivity index (χ2v) is 5.11. The van der Waals surface area contributed by atoms with Crippen molar-refractivity contribution in [3.8, 4) is 0 Å². The summed E-state index contributed by atoms with van der Waals surface area (Å²) in [5, 5.41) is 17.9. The van der Waals surface area contributed by atoms with Crippen molar-refractivity contribution in [2.24, 2.45) is 5.92 Å². The third-order valence-corrected chi connectivity index (χ3v) is 3.34. The SMILES string of the molecule is CCCCCCC(CCCC)C(=O)OC(CO)CO. The highest BCUT2D eigenvalue weighted by atomic mass is 16.6. The van der Waals surface area contributed by atoms with Gasteiger partial charge in [-0.1, -0.05) is 52.4 Å². The summed E-state index contributed by atoms with van der Waals surface area (Å²) in [4.78, 5) is 12.0. The van der Waals surface area contributed by atoms with E-state index in [1.165, 1.54) is 12.8 Å². The zero-order valence-electron chi connectivity index (χ0n) is 12.4. The minimum absolute atomic E-state index is 0.0857. The van der Waals surface area contributed by atoms with Crippen molar-refractivity contribution in [3.63, 3.8) is 0 Å². The first-order valence-electron chi connectivity index (χ1n) is 7.61. The van der Waals surface area contributed by atoms with E-state index in [0.29, 0.717) is 0 Å². The van der Waals surface area contributed by atoms with Crippen molar-refractivity contribution >= 4 is 5.97 Å². The van der Waals surface area contributed by atoms with Gasteiger partial charge in [0.25, 0.3) is 0 Å². The van der Waals surface area contributed by atoms with Crippen LogP contribution in [-0.2, 0) is 9.53 Å². The average molecular weight is 274 g/mol. The molecule has 0 aromatic carbocycles. The van der Waals surface area contributed by atoms with Crippen LogP contribution in [0.2, 0.25) is 0 Å². The van der Waals surface area contributed by atoms with Gasteiger partial charge in [0.05, 0.1) is 19.1 Å². The van der Waals surface area contributed by atoms with Crippen LogP contribution in [0.25, 0.3) is 0 Å². The van der Waals surface area contributed by atoms with Crippen molar-refractivity contribution in [3.05, 3.63) is 0 Å². The number of ether oxygens (including phenoxy) is 1. The monoisotopic (exact) mass is 274 g/mol.